The fourth-order valence-corrected chi connectivity index (χ4v) is 3.95. The lowest BCUT2D eigenvalue weighted by Gasteiger charge is -2.08. The number of nitrogens with one attached hydrogen (secondary N) is 1. The van der Waals surface area contributed by atoms with E-state index >= 15 is 0 Å². The standard InChI is InChI=1S/C17H15FN2O2S2/c1-12-8-15(2-3-16(12)18)24(21,22)20-10-13-4-6-19-17(9-13)14-5-7-23-11-14/h2-9,11,20H,10H2,1H3. The van der Waals surface area contributed by atoms with E-state index in [9.17, 15) is 12.8 Å². The summed E-state index contributed by atoms with van der Waals surface area (Å²) in [6.45, 7) is 1.67. The first-order valence-electron chi connectivity index (χ1n) is 7.19. The zero-order chi connectivity index (χ0) is 17.2. The van der Waals surface area contributed by atoms with E-state index in [0.717, 1.165) is 22.9 Å². The van der Waals surface area contributed by atoms with Gasteiger partial charge in [-0.1, -0.05) is 0 Å². The second kappa shape index (κ2) is 6.80. The van der Waals surface area contributed by atoms with Gasteiger partial charge in [0.15, 0.2) is 0 Å². The number of thiophene rings is 1. The Morgan fingerprint density at radius 1 is 1.21 bits per heavy atom. The average Bonchev–Trinajstić information content (AvgIpc) is 3.10. The van der Waals surface area contributed by atoms with Crippen LogP contribution in [0.1, 0.15) is 11.1 Å². The SMILES string of the molecule is Cc1cc(S(=O)(=O)NCc2ccnc(-c3ccsc3)c2)ccc1F. The second-order valence-corrected chi connectivity index (χ2v) is 7.84. The summed E-state index contributed by atoms with van der Waals surface area (Å²) >= 11 is 1.58. The smallest absolute Gasteiger partial charge is 0.240 e. The highest BCUT2D eigenvalue weighted by molar-refractivity contribution is 7.89. The first-order chi connectivity index (χ1) is 11.5. The van der Waals surface area contributed by atoms with Gasteiger partial charge in [-0.15, -0.1) is 0 Å². The molecule has 0 amide bonds. The molecule has 2 aromatic heterocycles. The van der Waals surface area contributed by atoms with Crippen LogP contribution in [0.15, 0.2) is 58.3 Å². The Morgan fingerprint density at radius 2 is 2.04 bits per heavy atom. The summed E-state index contributed by atoms with van der Waals surface area (Å²) < 4.78 is 40.5. The number of rotatable bonds is 5. The Morgan fingerprint density at radius 3 is 2.75 bits per heavy atom. The molecule has 124 valence electrons. The van der Waals surface area contributed by atoms with Crippen LogP contribution in [-0.4, -0.2) is 13.4 Å². The van der Waals surface area contributed by atoms with Crippen LogP contribution in [0.25, 0.3) is 11.3 Å². The molecule has 0 aliphatic rings. The quantitative estimate of drug-likeness (QED) is 0.752. The fraction of sp³-hybridized carbons (Fsp3) is 0.118. The van der Waals surface area contributed by atoms with Crippen LogP contribution in [0.5, 0.6) is 0 Å². The summed E-state index contributed by atoms with van der Waals surface area (Å²) in [5.74, 6) is -0.427. The van der Waals surface area contributed by atoms with Gasteiger partial charge in [0.1, 0.15) is 5.82 Å². The number of aryl methyl sites for hydroxylation is 1. The van der Waals surface area contributed by atoms with E-state index in [4.69, 9.17) is 0 Å². The van der Waals surface area contributed by atoms with Crippen LogP contribution < -0.4 is 4.72 Å². The first-order valence-corrected chi connectivity index (χ1v) is 9.61. The number of hydrogen-bond acceptors (Lipinski definition) is 4. The van der Waals surface area contributed by atoms with Gasteiger partial charge in [-0.05, 0) is 59.8 Å². The van der Waals surface area contributed by atoms with Crippen LogP contribution in [0.3, 0.4) is 0 Å². The van der Waals surface area contributed by atoms with Crippen LogP contribution in [0.2, 0.25) is 0 Å². The summed E-state index contributed by atoms with van der Waals surface area (Å²) in [6, 6.07) is 9.30. The number of benzene rings is 1. The van der Waals surface area contributed by atoms with Crippen LogP contribution in [0.4, 0.5) is 4.39 Å². The Bertz CT molecular complexity index is 954. The van der Waals surface area contributed by atoms with E-state index in [-0.39, 0.29) is 11.4 Å². The monoisotopic (exact) mass is 362 g/mol. The molecule has 0 fully saturated rings. The molecule has 0 atom stereocenters. The van der Waals surface area contributed by atoms with Crippen molar-refractivity contribution in [1.82, 2.24) is 9.71 Å². The lowest BCUT2D eigenvalue weighted by molar-refractivity contribution is 0.579. The molecule has 24 heavy (non-hydrogen) atoms. The van der Waals surface area contributed by atoms with Gasteiger partial charge in [0.05, 0.1) is 10.6 Å². The van der Waals surface area contributed by atoms with E-state index in [1.807, 2.05) is 22.9 Å². The normalized spacial score (nSPS) is 11.6. The molecular weight excluding hydrogens is 347 g/mol. The maximum atomic E-state index is 13.3. The molecule has 0 saturated carbocycles. The van der Waals surface area contributed by atoms with E-state index in [2.05, 4.69) is 9.71 Å². The third kappa shape index (κ3) is 3.69. The van der Waals surface area contributed by atoms with E-state index in [1.165, 1.54) is 19.1 Å². The zero-order valence-electron chi connectivity index (χ0n) is 12.9. The van der Waals surface area contributed by atoms with Crippen molar-refractivity contribution in [3.05, 3.63) is 70.3 Å². The topological polar surface area (TPSA) is 59.1 Å². The molecule has 2 heterocycles. The van der Waals surface area contributed by atoms with Crippen LogP contribution in [0, 0.1) is 12.7 Å². The highest BCUT2D eigenvalue weighted by Crippen LogP contribution is 2.21. The summed E-state index contributed by atoms with van der Waals surface area (Å²) in [6.07, 6.45) is 1.65. The molecule has 3 aromatic rings. The Balaban J connectivity index is 1.77. The second-order valence-electron chi connectivity index (χ2n) is 5.30. The highest BCUT2D eigenvalue weighted by Gasteiger charge is 2.15. The molecule has 1 aromatic carbocycles. The number of nitrogens with zero attached hydrogens (tertiary/aromatic N) is 1. The van der Waals surface area contributed by atoms with Crippen molar-refractivity contribution in [2.75, 3.05) is 0 Å². The average molecular weight is 362 g/mol. The van der Waals surface area contributed by atoms with Crippen molar-refractivity contribution in [3.63, 3.8) is 0 Å². The summed E-state index contributed by atoms with van der Waals surface area (Å²) in [5, 5.41) is 3.95. The first kappa shape index (κ1) is 16.8. The maximum Gasteiger partial charge on any atom is 0.240 e. The molecular formula is C17H15FN2O2S2. The minimum absolute atomic E-state index is 0.0496. The predicted molar refractivity (Wildman–Crippen MR) is 92.7 cm³/mol. The van der Waals surface area contributed by atoms with E-state index < -0.39 is 15.8 Å². The molecule has 0 spiro atoms. The van der Waals surface area contributed by atoms with Gasteiger partial charge in [-0.25, -0.2) is 17.5 Å². The summed E-state index contributed by atoms with van der Waals surface area (Å²) in [7, 11) is -3.70. The Kier molecular flexibility index (Phi) is 4.75. The van der Waals surface area contributed by atoms with Crippen molar-refractivity contribution in [1.29, 1.82) is 0 Å². The largest absolute Gasteiger partial charge is 0.256 e. The number of sulfonamides is 1. The van der Waals surface area contributed by atoms with Crippen LogP contribution in [-0.2, 0) is 16.6 Å². The number of pyridine rings is 1. The molecule has 4 nitrogen and oxygen atoms in total. The minimum atomic E-state index is -3.70. The molecule has 7 heteroatoms. The fourth-order valence-electron chi connectivity index (χ4n) is 2.20. The van der Waals surface area contributed by atoms with Gasteiger partial charge in [0.25, 0.3) is 0 Å². The van der Waals surface area contributed by atoms with Gasteiger partial charge in [-0.3, -0.25) is 4.98 Å². The predicted octanol–water partition coefficient (Wildman–Crippen LogP) is 3.74. The van der Waals surface area contributed by atoms with Gasteiger partial charge in [-0.2, -0.15) is 11.3 Å². The number of hydrogen-bond donors (Lipinski definition) is 1. The summed E-state index contributed by atoms with van der Waals surface area (Å²) in [4.78, 5) is 4.34. The van der Waals surface area contributed by atoms with Crippen molar-refractivity contribution in [3.8, 4) is 11.3 Å². The van der Waals surface area contributed by atoms with Gasteiger partial charge < -0.3 is 0 Å². The molecule has 0 aliphatic heterocycles. The van der Waals surface area contributed by atoms with Crippen LogP contribution >= 0.6 is 11.3 Å². The Hall–Kier alpha value is -2.09. The lowest BCUT2D eigenvalue weighted by Crippen LogP contribution is -2.23. The number of halogens is 1. The minimum Gasteiger partial charge on any atom is -0.256 e. The van der Waals surface area contributed by atoms with E-state index in [1.54, 1.807) is 23.6 Å². The van der Waals surface area contributed by atoms with E-state index in [0.29, 0.717) is 5.56 Å². The third-order valence-electron chi connectivity index (χ3n) is 3.55. The van der Waals surface area contributed by atoms with Crippen molar-refractivity contribution in [2.24, 2.45) is 0 Å². The molecule has 0 aliphatic carbocycles. The van der Waals surface area contributed by atoms with Gasteiger partial charge in [0.2, 0.25) is 10.0 Å². The third-order valence-corrected chi connectivity index (χ3v) is 5.63. The maximum absolute atomic E-state index is 13.3. The van der Waals surface area contributed by atoms with Crippen molar-refractivity contribution < 1.29 is 12.8 Å². The molecule has 1 N–H and O–H groups in total. The van der Waals surface area contributed by atoms with Gasteiger partial charge >= 0.3 is 0 Å². The Labute approximate surface area is 144 Å². The molecule has 3 rings (SSSR count). The zero-order valence-corrected chi connectivity index (χ0v) is 14.5. The molecule has 0 unspecified atom stereocenters. The highest BCUT2D eigenvalue weighted by atomic mass is 32.2. The lowest BCUT2D eigenvalue weighted by atomic mass is 10.1. The summed E-state index contributed by atoms with van der Waals surface area (Å²) in [5.41, 5.74) is 2.89. The molecule has 0 radical (unpaired) electrons. The molecule has 0 bridgehead atoms. The molecule has 0 saturated heterocycles. The van der Waals surface area contributed by atoms with Crippen molar-refractivity contribution in [2.45, 2.75) is 18.4 Å². The van der Waals surface area contributed by atoms with Gasteiger partial charge in [0, 0.05) is 23.7 Å². The van der Waals surface area contributed by atoms with Crippen molar-refractivity contribution >= 4 is 21.4 Å². The number of aromatic nitrogens is 1.